The van der Waals surface area contributed by atoms with Crippen LogP contribution in [0.1, 0.15) is 31.8 Å². The Hall–Kier alpha value is -3.89. The average Bonchev–Trinajstić information content (AvgIpc) is 3.14. The maximum absolute atomic E-state index is 14.2. The molecule has 4 rings (SSSR count). The lowest BCUT2D eigenvalue weighted by Gasteiger charge is -2.30. The monoisotopic (exact) mass is 496 g/mol. The van der Waals surface area contributed by atoms with E-state index in [-0.39, 0.29) is 17.2 Å². The van der Waals surface area contributed by atoms with Gasteiger partial charge in [0.05, 0.1) is 6.54 Å². The minimum Gasteiger partial charge on any atom is -0.322 e. The lowest BCUT2D eigenvalue weighted by Crippen LogP contribution is -2.50. The van der Waals surface area contributed by atoms with Gasteiger partial charge >= 0.3 is 18.0 Å². The van der Waals surface area contributed by atoms with Crippen molar-refractivity contribution < 1.29 is 40.3 Å². The number of anilines is 2. The van der Waals surface area contributed by atoms with Gasteiger partial charge in [0.15, 0.2) is 0 Å². The Balaban J connectivity index is 1.53. The number of alkyl halides is 7. The van der Waals surface area contributed by atoms with Gasteiger partial charge in [0.1, 0.15) is 0 Å². The van der Waals surface area contributed by atoms with E-state index in [0.717, 1.165) is 17.7 Å². The smallest absolute Gasteiger partial charge is 0.322 e. The van der Waals surface area contributed by atoms with Gasteiger partial charge in [-0.05, 0) is 42.0 Å². The molecule has 1 heterocycles. The van der Waals surface area contributed by atoms with Crippen molar-refractivity contribution in [2.75, 3.05) is 10.2 Å². The molecule has 0 saturated carbocycles. The van der Waals surface area contributed by atoms with Gasteiger partial charge in [0.25, 0.3) is 11.8 Å². The Labute approximate surface area is 194 Å². The van der Waals surface area contributed by atoms with Crippen LogP contribution in [0.4, 0.5) is 42.1 Å². The highest BCUT2D eigenvalue weighted by Crippen LogP contribution is 2.53. The third kappa shape index (κ3) is 4.22. The molecule has 1 aliphatic heterocycles. The number of hydrogen-bond acceptors (Lipinski definition) is 2. The molecule has 182 valence electrons. The maximum Gasteiger partial charge on any atom is 0.435 e. The van der Waals surface area contributed by atoms with Crippen molar-refractivity contribution in [2.24, 2.45) is 0 Å². The standard InChI is InChI=1S/C24H15F7N2O2/c25-22(23(26,27)28,24(29,30)31)16-8-10-17(11-9-16)32-20(34)14-5-3-6-18(12-14)33-13-15-4-1-2-7-19(15)21(33)35/h1-12H,13H2,(H,32,34). The minimum atomic E-state index is -6.23. The predicted molar refractivity (Wildman–Crippen MR) is 113 cm³/mol. The average molecular weight is 496 g/mol. The van der Waals surface area contributed by atoms with Gasteiger partial charge in [-0.15, -0.1) is 0 Å². The SMILES string of the molecule is O=C(Nc1ccc(C(F)(C(F)(F)F)C(F)(F)F)cc1)c1cccc(N2Cc3ccccc3C2=O)c1. The third-order valence-electron chi connectivity index (χ3n) is 5.56. The van der Waals surface area contributed by atoms with E-state index in [0.29, 0.717) is 29.9 Å². The summed E-state index contributed by atoms with van der Waals surface area (Å²) in [5, 5.41) is 2.33. The zero-order valence-electron chi connectivity index (χ0n) is 17.5. The fourth-order valence-corrected chi connectivity index (χ4v) is 3.75. The second-order valence-corrected chi connectivity index (χ2v) is 7.78. The molecule has 2 amide bonds. The number of amides is 2. The summed E-state index contributed by atoms with van der Waals surface area (Å²) >= 11 is 0. The molecule has 0 saturated heterocycles. The van der Waals surface area contributed by atoms with Crippen LogP contribution in [0.2, 0.25) is 0 Å². The molecule has 1 aliphatic rings. The fourth-order valence-electron chi connectivity index (χ4n) is 3.75. The first-order valence-corrected chi connectivity index (χ1v) is 10.1. The summed E-state index contributed by atoms with van der Waals surface area (Å²) in [7, 11) is 0. The van der Waals surface area contributed by atoms with Gasteiger partial charge in [-0.1, -0.05) is 36.4 Å². The number of nitrogens with one attached hydrogen (secondary N) is 1. The summed E-state index contributed by atoms with van der Waals surface area (Å²) in [5.41, 5.74) is -5.52. The van der Waals surface area contributed by atoms with Crippen LogP contribution >= 0.6 is 0 Å². The molecule has 3 aromatic rings. The number of benzene rings is 3. The van der Waals surface area contributed by atoms with Gasteiger partial charge < -0.3 is 10.2 Å². The molecule has 0 fully saturated rings. The Bertz CT molecular complexity index is 1270. The minimum absolute atomic E-state index is 0.0840. The zero-order valence-corrected chi connectivity index (χ0v) is 17.5. The van der Waals surface area contributed by atoms with Gasteiger partial charge in [0, 0.05) is 28.1 Å². The Kier molecular flexibility index (Phi) is 5.82. The van der Waals surface area contributed by atoms with Gasteiger partial charge in [-0.25, -0.2) is 4.39 Å². The van der Waals surface area contributed by atoms with Crippen molar-refractivity contribution >= 4 is 23.2 Å². The first-order valence-electron chi connectivity index (χ1n) is 10.1. The van der Waals surface area contributed by atoms with Crippen molar-refractivity contribution in [3.05, 3.63) is 95.1 Å². The molecule has 1 N–H and O–H groups in total. The Morgan fingerprint density at radius 1 is 0.800 bits per heavy atom. The largest absolute Gasteiger partial charge is 0.435 e. The highest BCUT2D eigenvalue weighted by atomic mass is 19.4. The summed E-state index contributed by atoms with van der Waals surface area (Å²) in [6.45, 7) is 0.297. The van der Waals surface area contributed by atoms with Crippen LogP contribution in [0.5, 0.6) is 0 Å². The number of hydrogen-bond donors (Lipinski definition) is 1. The highest BCUT2D eigenvalue weighted by Gasteiger charge is 2.73. The highest BCUT2D eigenvalue weighted by molar-refractivity contribution is 6.11. The summed E-state index contributed by atoms with van der Waals surface area (Å²) in [5.74, 6) is -0.986. The van der Waals surface area contributed by atoms with E-state index in [1.807, 2.05) is 0 Å². The van der Waals surface area contributed by atoms with E-state index in [1.165, 1.54) is 23.1 Å². The number of carbonyl (C=O) groups is 2. The lowest BCUT2D eigenvalue weighted by molar-refractivity contribution is -0.348. The fraction of sp³-hybridized carbons (Fsp3) is 0.167. The Morgan fingerprint density at radius 2 is 1.43 bits per heavy atom. The first kappa shape index (κ1) is 24.2. The molecular formula is C24H15F7N2O2. The molecule has 0 atom stereocenters. The summed E-state index contributed by atoms with van der Waals surface area (Å²) in [6, 6.07) is 15.1. The van der Waals surface area contributed by atoms with Gasteiger partial charge in [-0.2, -0.15) is 26.3 Å². The van der Waals surface area contributed by atoms with Gasteiger partial charge in [-0.3, -0.25) is 9.59 Å². The maximum atomic E-state index is 14.2. The molecule has 0 bridgehead atoms. The number of nitrogens with zero attached hydrogens (tertiary/aromatic N) is 1. The van der Waals surface area contributed by atoms with Crippen LogP contribution in [-0.2, 0) is 12.2 Å². The van der Waals surface area contributed by atoms with Crippen molar-refractivity contribution in [1.82, 2.24) is 0 Å². The number of rotatable bonds is 4. The van der Waals surface area contributed by atoms with E-state index in [4.69, 9.17) is 0 Å². The van der Waals surface area contributed by atoms with Crippen molar-refractivity contribution in [1.29, 1.82) is 0 Å². The Morgan fingerprint density at radius 3 is 2.03 bits per heavy atom. The normalized spacial score (nSPS) is 14.1. The molecule has 0 aliphatic carbocycles. The zero-order chi connectivity index (χ0) is 25.6. The van der Waals surface area contributed by atoms with E-state index < -0.39 is 29.5 Å². The molecule has 0 radical (unpaired) electrons. The summed E-state index contributed by atoms with van der Waals surface area (Å²) < 4.78 is 91.6. The molecule has 11 heteroatoms. The van der Waals surface area contributed by atoms with Crippen LogP contribution < -0.4 is 10.2 Å². The number of fused-ring (bicyclic) bond motifs is 1. The van der Waals surface area contributed by atoms with Crippen LogP contribution in [0.25, 0.3) is 0 Å². The van der Waals surface area contributed by atoms with Crippen molar-refractivity contribution in [2.45, 2.75) is 24.6 Å². The van der Waals surface area contributed by atoms with Crippen LogP contribution in [-0.4, -0.2) is 24.2 Å². The lowest BCUT2D eigenvalue weighted by atomic mass is 9.94. The second-order valence-electron chi connectivity index (χ2n) is 7.78. The number of halogens is 7. The molecule has 35 heavy (non-hydrogen) atoms. The molecule has 0 spiro atoms. The molecule has 4 nitrogen and oxygen atoms in total. The second kappa shape index (κ2) is 8.40. The van der Waals surface area contributed by atoms with E-state index in [1.54, 1.807) is 30.3 Å². The van der Waals surface area contributed by atoms with Crippen molar-refractivity contribution in [3.8, 4) is 0 Å². The molecular weight excluding hydrogens is 481 g/mol. The molecule has 3 aromatic carbocycles. The first-order chi connectivity index (χ1) is 16.3. The van der Waals surface area contributed by atoms with Crippen molar-refractivity contribution in [3.63, 3.8) is 0 Å². The van der Waals surface area contributed by atoms with Crippen LogP contribution in [0.15, 0.2) is 72.8 Å². The number of carbonyl (C=O) groups excluding carboxylic acids is 2. The summed E-state index contributed by atoms with van der Waals surface area (Å²) in [4.78, 5) is 26.8. The van der Waals surface area contributed by atoms with E-state index in [2.05, 4.69) is 5.32 Å². The van der Waals surface area contributed by atoms with E-state index in [9.17, 15) is 40.3 Å². The van der Waals surface area contributed by atoms with E-state index >= 15 is 0 Å². The molecule has 0 unspecified atom stereocenters. The molecule has 0 aromatic heterocycles. The topological polar surface area (TPSA) is 49.4 Å². The summed E-state index contributed by atoms with van der Waals surface area (Å²) in [6.07, 6.45) is -12.5. The van der Waals surface area contributed by atoms with Gasteiger partial charge in [0.2, 0.25) is 0 Å². The van der Waals surface area contributed by atoms with Crippen LogP contribution in [0, 0.1) is 0 Å². The predicted octanol–water partition coefficient (Wildman–Crippen LogP) is 6.39. The third-order valence-corrected chi connectivity index (χ3v) is 5.56. The quantitative estimate of drug-likeness (QED) is 0.426. The van der Waals surface area contributed by atoms with Crippen LogP contribution in [0.3, 0.4) is 0 Å².